The summed E-state index contributed by atoms with van der Waals surface area (Å²) in [7, 11) is -3.61. The van der Waals surface area contributed by atoms with Gasteiger partial charge in [-0.3, -0.25) is 4.79 Å². The average Bonchev–Trinajstić information content (AvgIpc) is 3.32. The number of carbonyl (C=O) groups excluding carboxylic acids is 1. The predicted octanol–water partition coefficient (Wildman–Crippen LogP) is 2.88. The number of nitrogens with zero attached hydrogens (tertiary/aromatic N) is 2. The molecule has 5 nitrogen and oxygen atoms in total. The lowest BCUT2D eigenvalue weighted by Gasteiger charge is -2.30. The molecule has 132 valence electrons. The van der Waals surface area contributed by atoms with Gasteiger partial charge in [0.05, 0.1) is 0 Å². The molecule has 1 aromatic heterocycles. The standard InChI is InChI=1S/C18H20N2O3S2/c1-13-12-14-6-2-3-7-15(14)20(13)18(21)16-8-4-10-19(16)25(22,23)17-9-5-11-24-17/h2-3,5-7,9,11,13,16H,4,8,10,12H2,1H3. The van der Waals surface area contributed by atoms with E-state index in [-0.39, 0.29) is 11.9 Å². The molecule has 0 radical (unpaired) electrons. The van der Waals surface area contributed by atoms with E-state index in [0.717, 1.165) is 17.7 Å². The number of hydrogen-bond donors (Lipinski definition) is 0. The molecule has 0 spiro atoms. The summed E-state index contributed by atoms with van der Waals surface area (Å²) >= 11 is 1.20. The Hall–Kier alpha value is -1.70. The smallest absolute Gasteiger partial charge is 0.253 e. The molecule has 0 bridgehead atoms. The second-order valence-electron chi connectivity index (χ2n) is 6.60. The number of carbonyl (C=O) groups is 1. The first-order chi connectivity index (χ1) is 12.0. The van der Waals surface area contributed by atoms with Crippen LogP contribution >= 0.6 is 11.3 Å². The van der Waals surface area contributed by atoms with Crippen LogP contribution < -0.4 is 4.90 Å². The number of benzene rings is 1. The molecule has 7 heteroatoms. The lowest BCUT2D eigenvalue weighted by Crippen LogP contribution is -2.49. The molecule has 3 heterocycles. The summed E-state index contributed by atoms with van der Waals surface area (Å²) < 4.78 is 27.5. The van der Waals surface area contributed by atoms with Crippen molar-refractivity contribution in [3.05, 3.63) is 47.3 Å². The molecule has 25 heavy (non-hydrogen) atoms. The third kappa shape index (κ3) is 2.70. The molecule has 2 unspecified atom stereocenters. The third-order valence-corrected chi connectivity index (χ3v) is 8.27. The quantitative estimate of drug-likeness (QED) is 0.828. The molecule has 2 aliphatic rings. The summed E-state index contributed by atoms with van der Waals surface area (Å²) in [5, 5.41) is 1.75. The van der Waals surface area contributed by atoms with Crippen LogP contribution in [0.4, 0.5) is 5.69 Å². The Morgan fingerprint density at radius 2 is 2.00 bits per heavy atom. The van der Waals surface area contributed by atoms with Crippen molar-refractivity contribution in [3.8, 4) is 0 Å². The maximum absolute atomic E-state index is 13.3. The van der Waals surface area contributed by atoms with E-state index in [1.165, 1.54) is 15.6 Å². The van der Waals surface area contributed by atoms with Gasteiger partial charge in [-0.15, -0.1) is 11.3 Å². The van der Waals surface area contributed by atoms with Crippen LogP contribution in [-0.2, 0) is 21.2 Å². The normalized spacial score (nSPS) is 23.8. The maximum atomic E-state index is 13.3. The van der Waals surface area contributed by atoms with Crippen LogP contribution in [0.1, 0.15) is 25.3 Å². The van der Waals surface area contributed by atoms with Crippen LogP contribution in [0.2, 0.25) is 0 Å². The first-order valence-electron chi connectivity index (χ1n) is 8.46. The lowest BCUT2D eigenvalue weighted by atomic mass is 10.1. The van der Waals surface area contributed by atoms with Gasteiger partial charge in [-0.25, -0.2) is 8.42 Å². The first-order valence-corrected chi connectivity index (χ1v) is 10.8. The minimum absolute atomic E-state index is 0.0526. The Morgan fingerprint density at radius 3 is 2.76 bits per heavy atom. The fourth-order valence-corrected chi connectivity index (χ4v) is 6.63. The van der Waals surface area contributed by atoms with Crippen LogP contribution in [-0.4, -0.2) is 37.3 Å². The highest BCUT2D eigenvalue weighted by atomic mass is 32.2. The molecular formula is C18H20N2O3S2. The van der Waals surface area contributed by atoms with Gasteiger partial charge in [0.15, 0.2) is 0 Å². The Morgan fingerprint density at radius 1 is 1.20 bits per heavy atom. The number of thiophene rings is 1. The van der Waals surface area contributed by atoms with Gasteiger partial charge in [0.25, 0.3) is 10.0 Å². The average molecular weight is 377 g/mol. The van der Waals surface area contributed by atoms with Crippen molar-refractivity contribution in [2.75, 3.05) is 11.4 Å². The van der Waals surface area contributed by atoms with Crippen molar-refractivity contribution < 1.29 is 13.2 Å². The number of rotatable bonds is 3. The molecule has 2 atom stereocenters. The van der Waals surface area contributed by atoms with E-state index in [0.29, 0.717) is 23.6 Å². The van der Waals surface area contributed by atoms with Gasteiger partial charge in [0, 0.05) is 18.3 Å². The van der Waals surface area contributed by atoms with Gasteiger partial charge in [0.2, 0.25) is 5.91 Å². The molecular weight excluding hydrogens is 356 g/mol. The molecule has 1 aromatic carbocycles. The highest BCUT2D eigenvalue weighted by Crippen LogP contribution is 2.36. The molecule has 1 fully saturated rings. The Balaban J connectivity index is 1.66. The van der Waals surface area contributed by atoms with Crippen molar-refractivity contribution in [3.63, 3.8) is 0 Å². The molecule has 2 aliphatic heterocycles. The van der Waals surface area contributed by atoms with E-state index in [9.17, 15) is 13.2 Å². The van der Waals surface area contributed by atoms with Crippen molar-refractivity contribution >= 4 is 33.0 Å². The fourth-order valence-electron chi connectivity index (χ4n) is 3.86. The number of sulfonamides is 1. The summed E-state index contributed by atoms with van der Waals surface area (Å²) in [5.74, 6) is -0.102. The van der Waals surface area contributed by atoms with Gasteiger partial charge >= 0.3 is 0 Å². The molecule has 1 saturated heterocycles. The van der Waals surface area contributed by atoms with Crippen molar-refractivity contribution in [1.29, 1.82) is 0 Å². The maximum Gasteiger partial charge on any atom is 0.253 e. The highest BCUT2D eigenvalue weighted by molar-refractivity contribution is 7.91. The second-order valence-corrected chi connectivity index (χ2v) is 9.66. The first kappa shape index (κ1) is 16.8. The van der Waals surface area contributed by atoms with Gasteiger partial charge in [-0.1, -0.05) is 24.3 Å². The molecule has 0 N–H and O–H groups in total. The Bertz CT molecular complexity index is 893. The van der Waals surface area contributed by atoms with E-state index in [1.54, 1.807) is 22.4 Å². The molecule has 1 amide bonds. The summed E-state index contributed by atoms with van der Waals surface area (Å²) in [6, 6.07) is 10.7. The van der Waals surface area contributed by atoms with Crippen LogP contribution in [0.25, 0.3) is 0 Å². The fraction of sp³-hybridized carbons (Fsp3) is 0.389. The molecule has 4 rings (SSSR count). The van der Waals surface area contributed by atoms with Gasteiger partial charge in [0.1, 0.15) is 10.3 Å². The van der Waals surface area contributed by atoms with E-state index in [1.807, 2.05) is 31.2 Å². The summed E-state index contributed by atoms with van der Waals surface area (Å²) in [6.45, 7) is 2.42. The number of amides is 1. The topological polar surface area (TPSA) is 57.7 Å². The van der Waals surface area contributed by atoms with Crippen LogP contribution in [0.3, 0.4) is 0 Å². The second kappa shape index (κ2) is 6.23. The van der Waals surface area contributed by atoms with Crippen LogP contribution in [0, 0.1) is 0 Å². The Labute approximate surface area is 151 Å². The minimum atomic E-state index is -3.61. The number of fused-ring (bicyclic) bond motifs is 1. The van der Waals surface area contributed by atoms with Crippen molar-refractivity contribution in [1.82, 2.24) is 4.31 Å². The zero-order valence-electron chi connectivity index (χ0n) is 14.0. The summed E-state index contributed by atoms with van der Waals surface area (Å²) in [5.41, 5.74) is 2.06. The van der Waals surface area contributed by atoms with E-state index < -0.39 is 16.1 Å². The molecule has 0 saturated carbocycles. The van der Waals surface area contributed by atoms with Crippen LogP contribution in [0.15, 0.2) is 46.0 Å². The van der Waals surface area contributed by atoms with E-state index >= 15 is 0 Å². The monoisotopic (exact) mass is 376 g/mol. The minimum Gasteiger partial charge on any atom is -0.308 e. The Kier molecular flexibility index (Phi) is 4.17. The zero-order valence-corrected chi connectivity index (χ0v) is 15.6. The largest absolute Gasteiger partial charge is 0.308 e. The lowest BCUT2D eigenvalue weighted by molar-refractivity contribution is -0.121. The zero-order chi connectivity index (χ0) is 17.6. The van der Waals surface area contributed by atoms with E-state index in [2.05, 4.69) is 0 Å². The van der Waals surface area contributed by atoms with Gasteiger partial charge in [-0.05, 0) is 49.3 Å². The van der Waals surface area contributed by atoms with Crippen LogP contribution in [0.5, 0.6) is 0 Å². The predicted molar refractivity (Wildman–Crippen MR) is 98.3 cm³/mol. The van der Waals surface area contributed by atoms with Crippen molar-refractivity contribution in [2.24, 2.45) is 0 Å². The number of hydrogen-bond acceptors (Lipinski definition) is 4. The highest BCUT2D eigenvalue weighted by Gasteiger charge is 2.44. The number of anilines is 1. The number of para-hydroxylation sites is 1. The SMILES string of the molecule is CC1Cc2ccccc2N1C(=O)C1CCCN1S(=O)(=O)c1cccs1. The molecule has 0 aliphatic carbocycles. The van der Waals surface area contributed by atoms with Gasteiger partial charge < -0.3 is 4.90 Å². The van der Waals surface area contributed by atoms with E-state index in [4.69, 9.17) is 0 Å². The third-order valence-electron chi connectivity index (χ3n) is 4.99. The van der Waals surface area contributed by atoms with Gasteiger partial charge in [-0.2, -0.15) is 4.31 Å². The summed E-state index contributed by atoms with van der Waals surface area (Å²) in [6.07, 6.45) is 2.10. The van der Waals surface area contributed by atoms with Crippen molar-refractivity contribution in [2.45, 2.75) is 42.5 Å². The summed E-state index contributed by atoms with van der Waals surface area (Å²) in [4.78, 5) is 15.1. The molecule has 2 aromatic rings.